The Labute approximate surface area is 182 Å². The average Bonchev–Trinajstić information content (AvgIpc) is 3.27. The lowest BCUT2D eigenvalue weighted by atomic mass is 10.0. The maximum absolute atomic E-state index is 11.2. The van der Waals surface area contributed by atoms with E-state index in [-0.39, 0.29) is 5.76 Å². The number of fused-ring (bicyclic) bond motifs is 1. The number of piperazine rings is 1. The van der Waals surface area contributed by atoms with Crippen LogP contribution in [-0.4, -0.2) is 54.4 Å². The van der Waals surface area contributed by atoms with Crippen LogP contribution in [0.5, 0.6) is 0 Å². The van der Waals surface area contributed by atoms with Gasteiger partial charge in [-0.1, -0.05) is 42.5 Å². The monoisotopic (exact) mass is 419 g/mol. The fraction of sp³-hybridized carbons (Fsp3) is 0.333. The van der Waals surface area contributed by atoms with Crippen LogP contribution in [0.4, 0.5) is 0 Å². The minimum Gasteiger partial charge on any atom is -0.454 e. The number of nitrogens with one attached hydrogen (secondary N) is 1. The van der Waals surface area contributed by atoms with Gasteiger partial charge in [-0.2, -0.15) is 0 Å². The number of aliphatic imine (C=N–C) groups is 1. The molecule has 0 atom stereocenters. The summed E-state index contributed by atoms with van der Waals surface area (Å²) in [6.45, 7) is 7.92. The molecule has 7 heteroatoms. The molecule has 1 fully saturated rings. The fourth-order valence-corrected chi connectivity index (χ4v) is 3.96. The highest BCUT2D eigenvalue weighted by molar-refractivity contribution is 5.89. The smallest absolute Gasteiger partial charge is 0.284 e. The quantitative estimate of drug-likeness (QED) is 0.474. The van der Waals surface area contributed by atoms with Crippen molar-refractivity contribution < 1.29 is 9.21 Å². The van der Waals surface area contributed by atoms with Crippen molar-refractivity contribution in [1.29, 1.82) is 0 Å². The van der Waals surface area contributed by atoms with Crippen LogP contribution >= 0.6 is 0 Å². The van der Waals surface area contributed by atoms with Gasteiger partial charge in [-0.25, -0.2) is 4.99 Å². The van der Waals surface area contributed by atoms with E-state index in [4.69, 9.17) is 15.1 Å². The van der Waals surface area contributed by atoms with Gasteiger partial charge in [-0.15, -0.1) is 0 Å². The van der Waals surface area contributed by atoms with E-state index in [1.54, 1.807) is 12.1 Å². The number of hydrogen-bond donors (Lipinski definition) is 2. The molecule has 0 saturated carbocycles. The molecule has 0 unspecified atom stereocenters. The van der Waals surface area contributed by atoms with Crippen molar-refractivity contribution in [3.8, 4) is 0 Å². The average molecular weight is 420 g/mol. The zero-order chi connectivity index (χ0) is 21.6. The number of nitrogens with two attached hydrogens (primary N) is 1. The molecule has 1 aromatic heterocycles. The van der Waals surface area contributed by atoms with E-state index >= 15 is 0 Å². The van der Waals surface area contributed by atoms with Gasteiger partial charge in [-0.05, 0) is 35.4 Å². The molecule has 7 nitrogen and oxygen atoms in total. The molecule has 162 valence electrons. The first-order valence-electron chi connectivity index (χ1n) is 10.7. The highest BCUT2D eigenvalue weighted by Crippen LogP contribution is 2.20. The molecule has 0 bridgehead atoms. The maximum atomic E-state index is 11.2. The van der Waals surface area contributed by atoms with Gasteiger partial charge in [0.2, 0.25) is 0 Å². The molecule has 1 saturated heterocycles. The Morgan fingerprint density at radius 3 is 2.58 bits per heavy atom. The van der Waals surface area contributed by atoms with Crippen molar-refractivity contribution in [2.45, 2.75) is 20.0 Å². The summed E-state index contributed by atoms with van der Waals surface area (Å²) in [5.41, 5.74) is 6.62. The van der Waals surface area contributed by atoms with E-state index < -0.39 is 5.91 Å². The molecule has 4 rings (SSSR count). The number of benzene rings is 2. The van der Waals surface area contributed by atoms with Gasteiger partial charge < -0.3 is 20.4 Å². The molecule has 1 amide bonds. The van der Waals surface area contributed by atoms with Crippen LogP contribution in [0.1, 0.15) is 28.8 Å². The number of hydrogen-bond acceptors (Lipinski definition) is 4. The SMILES string of the molecule is CCNC(=NCc1ccc(C(N)=O)o1)N1CCN(Cc2cccc3ccccc23)CC1. The second kappa shape index (κ2) is 9.66. The molecule has 0 aliphatic carbocycles. The van der Waals surface area contributed by atoms with Gasteiger partial charge in [0.15, 0.2) is 11.7 Å². The summed E-state index contributed by atoms with van der Waals surface area (Å²) in [5.74, 6) is 1.09. The van der Waals surface area contributed by atoms with Crippen molar-refractivity contribution in [1.82, 2.24) is 15.1 Å². The molecule has 1 aliphatic heterocycles. The first-order valence-corrected chi connectivity index (χ1v) is 10.7. The van der Waals surface area contributed by atoms with Crippen LogP contribution in [-0.2, 0) is 13.1 Å². The Kier molecular flexibility index (Phi) is 6.52. The highest BCUT2D eigenvalue weighted by atomic mass is 16.3. The summed E-state index contributed by atoms with van der Waals surface area (Å²) in [4.78, 5) is 20.7. The molecule has 0 radical (unpaired) electrons. The van der Waals surface area contributed by atoms with Crippen molar-refractivity contribution in [3.05, 3.63) is 71.7 Å². The molecule has 2 aromatic carbocycles. The lowest BCUT2D eigenvalue weighted by molar-refractivity contribution is 0.0972. The van der Waals surface area contributed by atoms with Crippen LogP contribution in [0.15, 0.2) is 64.0 Å². The summed E-state index contributed by atoms with van der Waals surface area (Å²) in [5, 5.41) is 5.98. The molecule has 3 aromatic rings. The standard InChI is InChI=1S/C24H29N5O2/c1-2-26-24(27-16-20-10-11-22(31-20)23(25)30)29-14-12-28(13-15-29)17-19-8-5-7-18-6-3-4-9-21(18)19/h3-11H,2,12-17H2,1H3,(H2,25,30)(H,26,27). The van der Waals surface area contributed by atoms with Crippen LogP contribution in [0, 0.1) is 0 Å². The van der Waals surface area contributed by atoms with Crippen LogP contribution in [0.3, 0.4) is 0 Å². The zero-order valence-corrected chi connectivity index (χ0v) is 17.9. The normalized spacial score (nSPS) is 15.4. The van der Waals surface area contributed by atoms with Gasteiger partial charge in [0.25, 0.3) is 5.91 Å². The van der Waals surface area contributed by atoms with E-state index in [1.807, 2.05) is 0 Å². The van der Waals surface area contributed by atoms with E-state index in [2.05, 4.69) is 64.5 Å². The number of rotatable bonds is 6. The number of primary amides is 1. The van der Waals surface area contributed by atoms with Gasteiger partial charge >= 0.3 is 0 Å². The summed E-state index contributed by atoms with van der Waals surface area (Å²) < 4.78 is 5.44. The first kappa shape index (κ1) is 20.9. The Morgan fingerprint density at radius 1 is 1.06 bits per heavy atom. The molecule has 2 heterocycles. The molecule has 1 aliphatic rings. The number of amides is 1. The number of nitrogens with zero attached hydrogens (tertiary/aromatic N) is 3. The number of carbonyl (C=O) groups excluding carboxylic acids is 1. The van der Waals surface area contributed by atoms with E-state index in [1.165, 1.54) is 16.3 Å². The molecule has 3 N–H and O–H groups in total. The Bertz CT molecular complexity index is 1060. The molecular weight excluding hydrogens is 390 g/mol. The molecule has 0 spiro atoms. The van der Waals surface area contributed by atoms with E-state index in [0.717, 1.165) is 45.2 Å². The molecular formula is C24H29N5O2. The van der Waals surface area contributed by atoms with E-state index in [9.17, 15) is 4.79 Å². The highest BCUT2D eigenvalue weighted by Gasteiger charge is 2.20. The van der Waals surface area contributed by atoms with Gasteiger partial charge in [0.05, 0.1) is 0 Å². The van der Waals surface area contributed by atoms with Crippen molar-refractivity contribution in [2.24, 2.45) is 10.7 Å². The van der Waals surface area contributed by atoms with Crippen molar-refractivity contribution in [3.63, 3.8) is 0 Å². The minimum absolute atomic E-state index is 0.164. The summed E-state index contributed by atoms with van der Waals surface area (Å²) >= 11 is 0. The zero-order valence-electron chi connectivity index (χ0n) is 17.9. The third-order valence-corrected chi connectivity index (χ3v) is 5.57. The number of carbonyl (C=O) groups is 1. The van der Waals surface area contributed by atoms with Gasteiger partial charge in [-0.3, -0.25) is 9.69 Å². The van der Waals surface area contributed by atoms with Crippen LogP contribution < -0.4 is 11.1 Å². The Balaban J connectivity index is 1.37. The third kappa shape index (κ3) is 5.06. The third-order valence-electron chi connectivity index (χ3n) is 5.57. The predicted molar refractivity (Wildman–Crippen MR) is 123 cm³/mol. The second-order valence-corrected chi connectivity index (χ2v) is 7.70. The summed E-state index contributed by atoms with van der Waals surface area (Å²) in [7, 11) is 0. The summed E-state index contributed by atoms with van der Waals surface area (Å²) in [6.07, 6.45) is 0. The van der Waals surface area contributed by atoms with Crippen molar-refractivity contribution in [2.75, 3.05) is 32.7 Å². The Hall–Kier alpha value is -3.32. The van der Waals surface area contributed by atoms with Crippen LogP contribution in [0.2, 0.25) is 0 Å². The Morgan fingerprint density at radius 2 is 1.84 bits per heavy atom. The lowest BCUT2D eigenvalue weighted by Crippen LogP contribution is -2.52. The van der Waals surface area contributed by atoms with Gasteiger partial charge in [0, 0.05) is 39.3 Å². The number of furan rings is 1. The minimum atomic E-state index is -0.565. The maximum Gasteiger partial charge on any atom is 0.284 e. The number of guanidine groups is 1. The van der Waals surface area contributed by atoms with Crippen molar-refractivity contribution >= 4 is 22.6 Å². The lowest BCUT2D eigenvalue weighted by Gasteiger charge is -2.36. The summed E-state index contributed by atoms with van der Waals surface area (Å²) in [6, 6.07) is 18.4. The van der Waals surface area contributed by atoms with Crippen LogP contribution in [0.25, 0.3) is 10.8 Å². The predicted octanol–water partition coefficient (Wildman–Crippen LogP) is 2.82. The topological polar surface area (TPSA) is 87.1 Å². The van der Waals surface area contributed by atoms with Gasteiger partial charge in [0.1, 0.15) is 12.3 Å². The molecule has 31 heavy (non-hydrogen) atoms. The largest absolute Gasteiger partial charge is 0.454 e. The second-order valence-electron chi connectivity index (χ2n) is 7.70. The van der Waals surface area contributed by atoms with E-state index in [0.29, 0.717) is 12.3 Å². The first-order chi connectivity index (χ1) is 15.1. The fourth-order valence-electron chi connectivity index (χ4n) is 3.96.